The molecular formula is C19H17N3. The molecule has 0 fully saturated rings. The standard InChI is InChI=1S/C19H17N3/c1-3-14-8-9-16-15(10-14)19-17(11-20-16)21-12-22(19)18-7-5-4-6-13(18)2/h4-12H,3H2,1-2H3. The summed E-state index contributed by atoms with van der Waals surface area (Å²) in [6.07, 6.45) is 4.77. The minimum absolute atomic E-state index is 0.934. The van der Waals surface area contributed by atoms with E-state index >= 15 is 0 Å². The molecule has 0 saturated carbocycles. The van der Waals surface area contributed by atoms with Gasteiger partial charge in [-0.15, -0.1) is 0 Å². The van der Waals surface area contributed by atoms with E-state index in [9.17, 15) is 0 Å². The molecule has 0 atom stereocenters. The number of hydrogen-bond donors (Lipinski definition) is 0. The van der Waals surface area contributed by atoms with Crippen molar-refractivity contribution in [3.05, 3.63) is 66.1 Å². The molecule has 4 rings (SSSR count). The maximum absolute atomic E-state index is 4.54. The summed E-state index contributed by atoms with van der Waals surface area (Å²) in [6, 6.07) is 14.9. The maximum atomic E-state index is 4.54. The second kappa shape index (κ2) is 4.95. The van der Waals surface area contributed by atoms with Gasteiger partial charge in [0.2, 0.25) is 0 Å². The molecule has 22 heavy (non-hydrogen) atoms. The Kier molecular flexibility index (Phi) is 2.93. The molecule has 4 aromatic rings. The fourth-order valence-electron chi connectivity index (χ4n) is 2.98. The van der Waals surface area contributed by atoms with Gasteiger partial charge in [0, 0.05) is 5.39 Å². The zero-order valence-electron chi connectivity index (χ0n) is 12.7. The van der Waals surface area contributed by atoms with Gasteiger partial charge in [0.05, 0.1) is 22.9 Å². The maximum Gasteiger partial charge on any atom is 0.108 e. The van der Waals surface area contributed by atoms with Crippen molar-refractivity contribution in [2.75, 3.05) is 0 Å². The van der Waals surface area contributed by atoms with E-state index in [0.29, 0.717) is 0 Å². The van der Waals surface area contributed by atoms with Crippen LogP contribution in [0, 0.1) is 6.92 Å². The molecule has 0 aliphatic rings. The Labute approximate surface area is 129 Å². The van der Waals surface area contributed by atoms with Gasteiger partial charge in [-0.25, -0.2) is 4.98 Å². The normalized spacial score (nSPS) is 11.4. The third-order valence-corrected chi connectivity index (χ3v) is 4.22. The number of aromatic nitrogens is 3. The topological polar surface area (TPSA) is 30.7 Å². The van der Waals surface area contributed by atoms with Crippen LogP contribution in [-0.4, -0.2) is 14.5 Å². The number of benzene rings is 2. The van der Waals surface area contributed by atoms with Crippen molar-refractivity contribution in [1.82, 2.24) is 14.5 Å². The average molecular weight is 287 g/mol. The van der Waals surface area contributed by atoms with E-state index in [4.69, 9.17) is 0 Å². The lowest BCUT2D eigenvalue weighted by molar-refractivity contribution is 1.08. The Balaban J connectivity index is 2.12. The summed E-state index contributed by atoms with van der Waals surface area (Å²) >= 11 is 0. The van der Waals surface area contributed by atoms with Gasteiger partial charge in [0.15, 0.2) is 0 Å². The number of nitrogens with zero attached hydrogens (tertiary/aromatic N) is 3. The molecule has 0 N–H and O–H groups in total. The first-order valence-corrected chi connectivity index (χ1v) is 7.58. The Morgan fingerprint density at radius 3 is 2.68 bits per heavy atom. The lowest BCUT2D eigenvalue weighted by Gasteiger charge is -2.10. The molecule has 3 nitrogen and oxygen atoms in total. The highest BCUT2D eigenvalue weighted by molar-refractivity contribution is 6.03. The number of pyridine rings is 1. The van der Waals surface area contributed by atoms with Crippen molar-refractivity contribution in [2.45, 2.75) is 20.3 Å². The lowest BCUT2D eigenvalue weighted by Crippen LogP contribution is -1.96. The van der Waals surface area contributed by atoms with Crippen molar-refractivity contribution in [3.8, 4) is 5.69 Å². The van der Waals surface area contributed by atoms with E-state index in [1.54, 1.807) is 0 Å². The first-order chi connectivity index (χ1) is 10.8. The molecule has 108 valence electrons. The van der Waals surface area contributed by atoms with E-state index in [1.165, 1.54) is 16.8 Å². The lowest BCUT2D eigenvalue weighted by atomic mass is 10.1. The SMILES string of the molecule is CCc1ccc2ncc3ncn(-c4ccccc4C)c3c2c1. The summed E-state index contributed by atoms with van der Waals surface area (Å²) in [6.45, 7) is 4.30. The van der Waals surface area contributed by atoms with Gasteiger partial charge in [-0.2, -0.15) is 0 Å². The molecule has 0 radical (unpaired) electrons. The number of fused-ring (bicyclic) bond motifs is 3. The molecule has 2 heterocycles. The Bertz CT molecular complexity index is 982. The first kappa shape index (κ1) is 13.0. The van der Waals surface area contributed by atoms with Crippen LogP contribution in [0.3, 0.4) is 0 Å². The van der Waals surface area contributed by atoms with Crippen LogP contribution in [-0.2, 0) is 6.42 Å². The zero-order chi connectivity index (χ0) is 15.1. The predicted octanol–water partition coefficient (Wildman–Crippen LogP) is 4.44. The molecule has 3 heteroatoms. The molecule has 0 spiro atoms. The van der Waals surface area contributed by atoms with Crippen molar-refractivity contribution < 1.29 is 0 Å². The third-order valence-electron chi connectivity index (χ3n) is 4.22. The van der Waals surface area contributed by atoms with E-state index < -0.39 is 0 Å². The van der Waals surface area contributed by atoms with Gasteiger partial charge in [0.1, 0.15) is 11.8 Å². The van der Waals surface area contributed by atoms with Crippen molar-refractivity contribution in [3.63, 3.8) is 0 Å². The van der Waals surface area contributed by atoms with Crippen molar-refractivity contribution >= 4 is 21.9 Å². The van der Waals surface area contributed by atoms with Crippen molar-refractivity contribution in [2.24, 2.45) is 0 Å². The first-order valence-electron chi connectivity index (χ1n) is 7.58. The van der Waals surface area contributed by atoms with Crippen LogP contribution in [0.2, 0.25) is 0 Å². The fourth-order valence-corrected chi connectivity index (χ4v) is 2.98. The molecule has 0 bridgehead atoms. The zero-order valence-corrected chi connectivity index (χ0v) is 12.7. The largest absolute Gasteiger partial charge is 0.298 e. The molecule has 0 aliphatic heterocycles. The Morgan fingerprint density at radius 2 is 1.86 bits per heavy atom. The summed E-state index contributed by atoms with van der Waals surface area (Å²) in [4.78, 5) is 9.08. The Morgan fingerprint density at radius 1 is 1.00 bits per heavy atom. The summed E-state index contributed by atoms with van der Waals surface area (Å²) in [7, 11) is 0. The summed E-state index contributed by atoms with van der Waals surface area (Å²) < 4.78 is 2.17. The van der Waals surface area contributed by atoms with E-state index in [1.807, 2.05) is 12.5 Å². The molecule has 0 saturated heterocycles. The van der Waals surface area contributed by atoms with E-state index in [-0.39, 0.29) is 0 Å². The van der Waals surface area contributed by atoms with Gasteiger partial charge in [-0.05, 0) is 42.7 Å². The minimum atomic E-state index is 0.934. The van der Waals surface area contributed by atoms with E-state index in [2.05, 4.69) is 70.8 Å². The predicted molar refractivity (Wildman–Crippen MR) is 90.5 cm³/mol. The third kappa shape index (κ3) is 1.90. The van der Waals surface area contributed by atoms with Crippen LogP contribution < -0.4 is 0 Å². The van der Waals surface area contributed by atoms with Gasteiger partial charge >= 0.3 is 0 Å². The highest BCUT2D eigenvalue weighted by atomic mass is 15.1. The number of para-hydroxylation sites is 1. The van der Waals surface area contributed by atoms with Gasteiger partial charge in [0.25, 0.3) is 0 Å². The summed E-state index contributed by atoms with van der Waals surface area (Å²) in [5, 5.41) is 1.16. The molecule has 0 unspecified atom stereocenters. The Hall–Kier alpha value is -2.68. The fraction of sp³-hybridized carbons (Fsp3) is 0.158. The van der Waals surface area contributed by atoms with E-state index in [0.717, 1.165) is 28.4 Å². The number of aryl methyl sites for hydroxylation is 2. The molecule has 2 aromatic carbocycles. The number of rotatable bonds is 2. The smallest absolute Gasteiger partial charge is 0.108 e. The van der Waals surface area contributed by atoms with Gasteiger partial charge in [-0.1, -0.05) is 31.2 Å². The molecule has 0 aliphatic carbocycles. The van der Waals surface area contributed by atoms with Crippen LogP contribution in [0.25, 0.3) is 27.6 Å². The van der Waals surface area contributed by atoms with Crippen LogP contribution in [0.15, 0.2) is 55.0 Å². The highest BCUT2D eigenvalue weighted by Gasteiger charge is 2.11. The summed E-state index contributed by atoms with van der Waals surface area (Å²) in [5.41, 5.74) is 6.80. The second-order valence-corrected chi connectivity index (χ2v) is 5.60. The molecular weight excluding hydrogens is 270 g/mol. The van der Waals surface area contributed by atoms with Crippen LogP contribution in [0.1, 0.15) is 18.1 Å². The minimum Gasteiger partial charge on any atom is -0.298 e. The van der Waals surface area contributed by atoms with Crippen LogP contribution in [0.4, 0.5) is 0 Å². The monoisotopic (exact) mass is 287 g/mol. The number of imidazole rings is 1. The van der Waals surface area contributed by atoms with Crippen LogP contribution in [0.5, 0.6) is 0 Å². The highest BCUT2D eigenvalue weighted by Crippen LogP contribution is 2.27. The van der Waals surface area contributed by atoms with Crippen LogP contribution >= 0.6 is 0 Å². The van der Waals surface area contributed by atoms with Gasteiger partial charge < -0.3 is 0 Å². The number of hydrogen-bond acceptors (Lipinski definition) is 2. The van der Waals surface area contributed by atoms with Crippen molar-refractivity contribution in [1.29, 1.82) is 0 Å². The summed E-state index contributed by atoms with van der Waals surface area (Å²) in [5.74, 6) is 0. The van der Waals surface area contributed by atoms with Gasteiger partial charge in [-0.3, -0.25) is 9.55 Å². The molecule has 0 amide bonds. The molecule has 2 aromatic heterocycles. The second-order valence-electron chi connectivity index (χ2n) is 5.60. The quantitative estimate of drug-likeness (QED) is 0.545. The average Bonchev–Trinajstić information content (AvgIpc) is 2.99.